The molecule has 3 heterocycles. The molecule has 1 spiro atoms. The summed E-state index contributed by atoms with van der Waals surface area (Å²) in [4.78, 5) is 43.4. The smallest absolute Gasteiger partial charge is 0.310 e. The summed E-state index contributed by atoms with van der Waals surface area (Å²) in [7, 11) is 0. The summed E-state index contributed by atoms with van der Waals surface area (Å²) >= 11 is 6.43. The zero-order valence-corrected chi connectivity index (χ0v) is 20.4. The van der Waals surface area contributed by atoms with E-state index in [1.807, 2.05) is 13.8 Å². The summed E-state index contributed by atoms with van der Waals surface area (Å²) in [5.41, 5.74) is -1.93. The fourth-order valence-electron chi connectivity index (χ4n) is 6.39. The van der Waals surface area contributed by atoms with Gasteiger partial charge in [-0.15, -0.1) is 6.58 Å². The zero-order chi connectivity index (χ0) is 25.0. The van der Waals surface area contributed by atoms with Gasteiger partial charge >= 0.3 is 5.97 Å². The van der Waals surface area contributed by atoms with Crippen LogP contribution in [0.2, 0.25) is 5.02 Å². The van der Waals surface area contributed by atoms with E-state index < -0.39 is 52.9 Å². The number of hydrogen-bond acceptors (Lipinski definition) is 5. The SMILES string of the molecule is C=CCN(C(=O)C1N([C@@H](CC)CO)C(=O)[C@@H]2[C@@H](C(=O)O)[C@]3(C)OC12CC3C)c1ccccc1Cl. The van der Waals surface area contributed by atoms with Crippen molar-refractivity contribution < 1.29 is 29.3 Å². The molecule has 3 aliphatic heterocycles. The van der Waals surface area contributed by atoms with Gasteiger partial charge in [-0.05, 0) is 37.8 Å². The van der Waals surface area contributed by atoms with E-state index in [4.69, 9.17) is 16.3 Å². The highest BCUT2D eigenvalue weighted by molar-refractivity contribution is 6.34. The molecule has 1 aromatic carbocycles. The monoisotopic (exact) mass is 490 g/mol. The van der Waals surface area contributed by atoms with Crippen molar-refractivity contribution in [2.24, 2.45) is 17.8 Å². The number of aliphatic hydroxyl groups excluding tert-OH is 1. The molecule has 0 radical (unpaired) electrons. The van der Waals surface area contributed by atoms with Gasteiger partial charge in [-0.3, -0.25) is 14.4 Å². The Bertz CT molecular complexity index is 1030. The summed E-state index contributed by atoms with van der Waals surface area (Å²) in [6.45, 7) is 8.98. The Morgan fingerprint density at radius 2 is 2.09 bits per heavy atom. The predicted octanol–water partition coefficient (Wildman–Crippen LogP) is 2.73. The molecule has 4 rings (SSSR count). The van der Waals surface area contributed by atoms with Crippen molar-refractivity contribution >= 4 is 35.1 Å². The molecule has 1 aromatic rings. The molecule has 0 aromatic heterocycles. The summed E-state index contributed by atoms with van der Waals surface area (Å²) < 4.78 is 6.49. The molecule has 3 aliphatic rings. The molecule has 8 nitrogen and oxygen atoms in total. The Balaban J connectivity index is 1.90. The lowest BCUT2D eigenvalue weighted by molar-refractivity contribution is -0.157. The molecular weight excluding hydrogens is 460 g/mol. The van der Waals surface area contributed by atoms with Crippen molar-refractivity contribution in [1.29, 1.82) is 0 Å². The Morgan fingerprint density at radius 1 is 1.41 bits per heavy atom. The first-order valence-electron chi connectivity index (χ1n) is 11.6. The standard InChI is InChI=1S/C25H31ClN2O6/c1-5-11-27(17-10-8-7-9-16(17)26)22(31)20-25-12-14(3)24(4,34-25)19(23(32)33)18(25)21(30)28(20)15(6-2)13-29/h5,7-10,14-15,18-20,29H,1,6,11-13H2,2-4H3,(H,32,33)/t14?,15-,18-,19-,20?,24+,25?/m0/s1. The second-order valence-corrected chi connectivity index (χ2v) is 10.1. The fourth-order valence-corrected chi connectivity index (χ4v) is 6.63. The predicted molar refractivity (Wildman–Crippen MR) is 126 cm³/mol. The number of carbonyl (C=O) groups excluding carboxylic acids is 2. The lowest BCUT2D eigenvalue weighted by Crippen LogP contribution is -2.59. The number of carbonyl (C=O) groups is 3. The van der Waals surface area contributed by atoms with Crippen molar-refractivity contribution in [2.45, 2.75) is 56.9 Å². The van der Waals surface area contributed by atoms with Crippen molar-refractivity contribution in [3.05, 3.63) is 41.9 Å². The molecule has 7 atom stereocenters. The van der Waals surface area contributed by atoms with E-state index in [-0.39, 0.29) is 19.1 Å². The highest BCUT2D eigenvalue weighted by Crippen LogP contribution is 2.65. The van der Waals surface area contributed by atoms with Crippen LogP contribution in [-0.2, 0) is 19.1 Å². The number of nitrogens with zero attached hydrogens (tertiary/aromatic N) is 2. The molecule has 0 aliphatic carbocycles. The number of para-hydroxylation sites is 1. The maximum Gasteiger partial charge on any atom is 0.310 e. The van der Waals surface area contributed by atoms with Gasteiger partial charge in [0.05, 0.1) is 34.9 Å². The average molecular weight is 491 g/mol. The largest absolute Gasteiger partial charge is 0.481 e. The van der Waals surface area contributed by atoms with E-state index in [0.29, 0.717) is 23.6 Å². The number of likely N-dealkylation sites (tertiary alicyclic amines) is 1. The van der Waals surface area contributed by atoms with Crippen molar-refractivity contribution in [3.63, 3.8) is 0 Å². The minimum Gasteiger partial charge on any atom is -0.481 e. The van der Waals surface area contributed by atoms with E-state index in [1.165, 1.54) is 9.80 Å². The van der Waals surface area contributed by atoms with Crippen LogP contribution >= 0.6 is 11.6 Å². The van der Waals surface area contributed by atoms with Crippen LogP contribution in [-0.4, -0.2) is 69.3 Å². The fraction of sp³-hybridized carbons (Fsp3) is 0.560. The lowest BCUT2D eigenvalue weighted by Gasteiger charge is -2.39. The van der Waals surface area contributed by atoms with Gasteiger partial charge in [0.25, 0.3) is 5.91 Å². The first-order chi connectivity index (χ1) is 16.1. The number of fused-ring (bicyclic) bond motifs is 1. The molecule has 9 heteroatoms. The number of aliphatic carboxylic acids is 1. The Morgan fingerprint density at radius 3 is 2.65 bits per heavy atom. The number of rotatable bonds is 8. The van der Waals surface area contributed by atoms with Crippen LogP contribution in [0.1, 0.15) is 33.6 Å². The number of halogens is 1. The second-order valence-electron chi connectivity index (χ2n) is 9.72. The van der Waals surface area contributed by atoms with Gasteiger partial charge in [0.2, 0.25) is 5.91 Å². The third-order valence-corrected chi connectivity index (χ3v) is 8.37. The molecule has 34 heavy (non-hydrogen) atoms. The number of benzene rings is 1. The van der Waals surface area contributed by atoms with Gasteiger partial charge in [0, 0.05) is 6.54 Å². The van der Waals surface area contributed by atoms with Crippen LogP contribution in [0, 0.1) is 17.8 Å². The molecule has 3 fully saturated rings. The van der Waals surface area contributed by atoms with Crippen LogP contribution in [0.3, 0.4) is 0 Å². The molecule has 2 amide bonds. The zero-order valence-electron chi connectivity index (χ0n) is 19.6. The molecule has 184 valence electrons. The summed E-state index contributed by atoms with van der Waals surface area (Å²) in [6.07, 6.45) is 2.33. The van der Waals surface area contributed by atoms with Crippen LogP contribution in [0.15, 0.2) is 36.9 Å². The van der Waals surface area contributed by atoms with Gasteiger partial charge in [0.1, 0.15) is 17.6 Å². The number of hydrogen-bond donors (Lipinski definition) is 2. The topological polar surface area (TPSA) is 107 Å². The highest BCUT2D eigenvalue weighted by atomic mass is 35.5. The first-order valence-corrected chi connectivity index (χ1v) is 12.0. The van der Waals surface area contributed by atoms with Crippen molar-refractivity contribution in [1.82, 2.24) is 4.90 Å². The average Bonchev–Trinajstić information content (AvgIpc) is 3.30. The van der Waals surface area contributed by atoms with Gasteiger partial charge in [0.15, 0.2) is 0 Å². The maximum absolute atomic E-state index is 14.3. The molecule has 2 bridgehead atoms. The van der Waals surface area contributed by atoms with Gasteiger partial charge in [-0.25, -0.2) is 0 Å². The number of amides is 2. The summed E-state index contributed by atoms with van der Waals surface area (Å²) in [5.74, 6) is -4.30. The molecule has 3 unspecified atom stereocenters. The van der Waals surface area contributed by atoms with E-state index in [0.717, 1.165) is 0 Å². The third-order valence-electron chi connectivity index (χ3n) is 8.05. The second kappa shape index (κ2) is 8.66. The van der Waals surface area contributed by atoms with E-state index in [1.54, 1.807) is 37.3 Å². The quantitative estimate of drug-likeness (QED) is 0.542. The third kappa shape index (κ3) is 3.22. The highest BCUT2D eigenvalue weighted by Gasteiger charge is 2.80. The number of carboxylic acid groups (broad SMARTS) is 1. The first kappa shape index (κ1) is 24.7. The van der Waals surface area contributed by atoms with Crippen LogP contribution in [0.25, 0.3) is 0 Å². The van der Waals surface area contributed by atoms with Crippen molar-refractivity contribution in [2.75, 3.05) is 18.1 Å². The van der Waals surface area contributed by atoms with E-state index >= 15 is 0 Å². The summed E-state index contributed by atoms with van der Waals surface area (Å²) in [5, 5.41) is 20.6. The molecule has 2 N–H and O–H groups in total. The minimum atomic E-state index is -1.31. The Labute approximate surface area is 204 Å². The normalized spacial score (nSPS) is 34.7. The Hall–Kier alpha value is -2.42. The lowest BCUT2D eigenvalue weighted by atomic mass is 9.62. The molecular formula is C25H31ClN2O6. The van der Waals surface area contributed by atoms with Crippen LogP contribution in [0.5, 0.6) is 0 Å². The van der Waals surface area contributed by atoms with Crippen LogP contribution < -0.4 is 4.90 Å². The van der Waals surface area contributed by atoms with Gasteiger partial charge < -0.3 is 24.7 Å². The number of carboxylic acids is 1. The van der Waals surface area contributed by atoms with Crippen molar-refractivity contribution in [3.8, 4) is 0 Å². The van der Waals surface area contributed by atoms with E-state index in [2.05, 4.69) is 6.58 Å². The number of aliphatic hydroxyl groups is 1. The summed E-state index contributed by atoms with van der Waals surface area (Å²) in [6, 6.07) is 5.13. The van der Waals surface area contributed by atoms with E-state index in [9.17, 15) is 24.6 Å². The van der Waals surface area contributed by atoms with Gasteiger partial charge in [-0.1, -0.05) is 43.7 Å². The Kier molecular flexibility index (Phi) is 6.29. The minimum absolute atomic E-state index is 0.132. The maximum atomic E-state index is 14.3. The number of anilines is 1. The molecule has 0 saturated carbocycles. The van der Waals surface area contributed by atoms with Crippen LogP contribution in [0.4, 0.5) is 5.69 Å². The molecule has 3 saturated heterocycles. The van der Waals surface area contributed by atoms with Gasteiger partial charge in [-0.2, -0.15) is 0 Å². The number of ether oxygens (including phenoxy) is 1.